The number of rotatable bonds is 10. The minimum atomic E-state index is -0.745. The van der Waals surface area contributed by atoms with E-state index in [4.69, 9.17) is 14.2 Å². The zero-order valence-electron chi connectivity index (χ0n) is 23.9. The molecule has 5 rings (SSSR count). The van der Waals surface area contributed by atoms with Crippen molar-refractivity contribution < 1.29 is 28.9 Å². The topological polar surface area (TPSA) is 88.5 Å². The molecule has 2 aromatic rings. The van der Waals surface area contributed by atoms with E-state index in [0.29, 0.717) is 37.1 Å². The van der Waals surface area contributed by atoms with Gasteiger partial charge in [-0.15, -0.1) is 0 Å². The number of piperidine rings is 1. The molecule has 216 valence electrons. The van der Waals surface area contributed by atoms with E-state index in [1.54, 1.807) is 7.11 Å². The lowest BCUT2D eigenvalue weighted by atomic mass is 9.91. The molecule has 0 spiro atoms. The zero-order chi connectivity index (χ0) is 28.2. The number of carboxylic acid groups (broad SMARTS) is 1. The first-order valence-electron chi connectivity index (χ1n) is 14.6. The molecule has 1 saturated carbocycles. The average Bonchev–Trinajstić information content (AvgIpc) is 3.79. The van der Waals surface area contributed by atoms with Gasteiger partial charge in [-0.2, -0.15) is 0 Å². The van der Waals surface area contributed by atoms with Crippen LogP contribution in [0.1, 0.15) is 67.8 Å². The molecule has 2 saturated heterocycles. The maximum absolute atomic E-state index is 13.6. The van der Waals surface area contributed by atoms with Crippen LogP contribution in [0.15, 0.2) is 42.5 Å². The number of carbonyl (C=O) groups is 2. The molecule has 1 amide bonds. The van der Waals surface area contributed by atoms with Gasteiger partial charge in [0.25, 0.3) is 5.91 Å². The third-order valence-corrected chi connectivity index (χ3v) is 8.45. The third kappa shape index (κ3) is 6.89. The standard InChI is InChI=1S/C32H42N2O6/c1-21-18-34(19-22(2)40-21)32(37)28-10-9-26(38-3)16-30(28)33-13-11-23(12-14-33)20-39-27-6-4-5-25(15-27)29(17-31(35)36)24-7-8-24/h4-6,9-10,15-16,21-24,29H,7-8,11-14,17-20H2,1-3H3,(H,35,36)/t21-,22+,29?. The number of nitrogens with zero attached hydrogens (tertiary/aromatic N) is 2. The molecule has 40 heavy (non-hydrogen) atoms. The van der Waals surface area contributed by atoms with E-state index in [1.165, 1.54) is 0 Å². The number of hydrogen-bond acceptors (Lipinski definition) is 6. The zero-order valence-corrected chi connectivity index (χ0v) is 23.9. The van der Waals surface area contributed by atoms with Crippen LogP contribution in [0.3, 0.4) is 0 Å². The third-order valence-electron chi connectivity index (χ3n) is 8.45. The number of amides is 1. The Hall–Kier alpha value is -3.26. The molecule has 2 heterocycles. The number of methoxy groups -OCH3 is 1. The molecule has 8 heteroatoms. The van der Waals surface area contributed by atoms with E-state index in [9.17, 15) is 14.7 Å². The van der Waals surface area contributed by atoms with Gasteiger partial charge in [-0.25, -0.2) is 0 Å². The fraction of sp³-hybridized carbons (Fsp3) is 0.562. The van der Waals surface area contributed by atoms with Crippen LogP contribution in [-0.2, 0) is 9.53 Å². The van der Waals surface area contributed by atoms with Crippen LogP contribution in [0.5, 0.6) is 11.5 Å². The van der Waals surface area contributed by atoms with E-state index >= 15 is 0 Å². The van der Waals surface area contributed by atoms with E-state index in [1.807, 2.05) is 61.2 Å². The Bertz CT molecular complexity index is 1180. The monoisotopic (exact) mass is 550 g/mol. The lowest BCUT2D eigenvalue weighted by Gasteiger charge is -2.37. The molecule has 3 fully saturated rings. The Morgan fingerprint density at radius 2 is 1.73 bits per heavy atom. The van der Waals surface area contributed by atoms with Crippen molar-refractivity contribution in [1.82, 2.24) is 4.90 Å². The second-order valence-electron chi connectivity index (χ2n) is 11.7. The van der Waals surface area contributed by atoms with Crippen molar-refractivity contribution in [2.24, 2.45) is 11.8 Å². The van der Waals surface area contributed by atoms with Gasteiger partial charge in [0.2, 0.25) is 0 Å². The van der Waals surface area contributed by atoms with Gasteiger partial charge in [-0.1, -0.05) is 12.1 Å². The van der Waals surface area contributed by atoms with Crippen LogP contribution in [0.2, 0.25) is 0 Å². The van der Waals surface area contributed by atoms with Gasteiger partial charge in [0.05, 0.1) is 43.6 Å². The van der Waals surface area contributed by atoms with Crippen molar-refractivity contribution in [2.45, 2.75) is 64.1 Å². The Balaban J connectivity index is 1.21. The highest BCUT2D eigenvalue weighted by atomic mass is 16.5. The predicted octanol–water partition coefficient (Wildman–Crippen LogP) is 5.21. The number of morpholine rings is 1. The van der Waals surface area contributed by atoms with Crippen molar-refractivity contribution in [3.05, 3.63) is 53.6 Å². The second-order valence-corrected chi connectivity index (χ2v) is 11.7. The normalized spacial score (nSPS) is 22.6. The van der Waals surface area contributed by atoms with Crippen LogP contribution in [-0.4, -0.2) is 74.0 Å². The van der Waals surface area contributed by atoms with Crippen LogP contribution in [0, 0.1) is 11.8 Å². The summed E-state index contributed by atoms with van der Waals surface area (Å²) in [7, 11) is 1.65. The Kier molecular flexibility index (Phi) is 8.84. The SMILES string of the molecule is COc1ccc(C(=O)N2C[C@@H](C)O[C@@H](C)C2)c(N2CCC(COc3cccc(C(CC(=O)O)C4CC4)c3)CC2)c1. The highest BCUT2D eigenvalue weighted by Crippen LogP contribution is 2.45. The quantitative estimate of drug-likeness (QED) is 0.435. The van der Waals surface area contributed by atoms with Gasteiger partial charge in [-0.05, 0) is 87.1 Å². The summed E-state index contributed by atoms with van der Waals surface area (Å²) in [5.41, 5.74) is 2.70. The van der Waals surface area contributed by atoms with E-state index in [2.05, 4.69) is 4.90 Å². The Labute approximate surface area is 237 Å². The molecule has 2 aromatic carbocycles. The molecule has 2 aliphatic heterocycles. The summed E-state index contributed by atoms with van der Waals surface area (Å²) in [5, 5.41) is 9.36. The van der Waals surface area contributed by atoms with Gasteiger partial charge in [0.15, 0.2) is 0 Å². The van der Waals surface area contributed by atoms with Crippen molar-refractivity contribution in [3.8, 4) is 11.5 Å². The second kappa shape index (κ2) is 12.5. The number of carboxylic acids is 1. The molecule has 1 aliphatic carbocycles. The number of anilines is 1. The summed E-state index contributed by atoms with van der Waals surface area (Å²) in [5.74, 6) is 1.79. The molecule has 8 nitrogen and oxygen atoms in total. The summed E-state index contributed by atoms with van der Waals surface area (Å²) < 4.78 is 17.6. The summed E-state index contributed by atoms with van der Waals surface area (Å²) in [6.07, 6.45) is 4.33. The molecule has 3 aliphatic rings. The number of ether oxygens (including phenoxy) is 3. The van der Waals surface area contributed by atoms with Gasteiger partial charge < -0.3 is 29.1 Å². The summed E-state index contributed by atoms with van der Waals surface area (Å²) >= 11 is 0. The Morgan fingerprint density at radius 1 is 1.00 bits per heavy atom. The maximum atomic E-state index is 13.6. The Morgan fingerprint density at radius 3 is 2.38 bits per heavy atom. The maximum Gasteiger partial charge on any atom is 0.303 e. The van der Waals surface area contributed by atoms with Gasteiger partial charge >= 0.3 is 5.97 Å². The lowest BCUT2D eigenvalue weighted by molar-refractivity contribution is -0.137. The summed E-state index contributed by atoms with van der Waals surface area (Å²) in [4.78, 5) is 29.2. The number of aliphatic carboxylic acids is 1. The first-order chi connectivity index (χ1) is 19.3. The minimum absolute atomic E-state index is 0.0163. The van der Waals surface area contributed by atoms with Crippen LogP contribution in [0.4, 0.5) is 5.69 Å². The van der Waals surface area contributed by atoms with Crippen molar-refractivity contribution in [1.29, 1.82) is 0 Å². The molecule has 0 bridgehead atoms. The van der Waals surface area contributed by atoms with Crippen molar-refractivity contribution in [3.63, 3.8) is 0 Å². The molecular weight excluding hydrogens is 508 g/mol. The van der Waals surface area contributed by atoms with Crippen LogP contribution >= 0.6 is 0 Å². The first kappa shape index (κ1) is 28.3. The molecule has 1 unspecified atom stereocenters. The fourth-order valence-corrected chi connectivity index (χ4v) is 6.23. The van der Waals surface area contributed by atoms with Crippen molar-refractivity contribution >= 4 is 17.6 Å². The van der Waals surface area contributed by atoms with Gasteiger partial charge in [0, 0.05) is 32.2 Å². The van der Waals surface area contributed by atoms with Gasteiger partial charge in [-0.3, -0.25) is 9.59 Å². The van der Waals surface area contributed by atoms with E-state index in [0.717, 1.165) is 61.5 Å². The van der Waals surface area contributed by atoms with Crippen LogP contribution in [0.25, 0.3) is 0 Å². The van der Waals surface area contributed by atoms with E-state index in [-0.39, 0.29) is 30.5 Å². The van der Waals surface area contributed by atoms with E-state index < -0.39 is 5.97 Å². The molecule has 0 radical (unpaired) electrons. The fourth-order valence-electron chi connectivity index (χ4n) is 6.23. The summed E-state index contributed by atoms with van der Waals surface area (Å²) in [6.45, 7) is 7.49. The first-order valence-corrected chi connectivity index (χ1v) is 14.6. The predicted molar refractivity (Wildman–Crippen MR) is 153 cm³/mol. The largest absolute Gasteiger partial charge is 0.497 e. The minimum Gasteiger partial charge on any atom is -0.497 e. The average molecular weight is 551 g/mol. The van der Waals surface area contributed by atoms with Crippen molar-refractivity contribution in [2.75, 3.05) is 44.8 Å². The molecule has 3 atom stereocenters. The molecule has 1 N–H and O–H groups in total. The molecule has 0 aromatic heterocycles. The summed E-state index contributed by atoms with van der Waals surface area (Å²) in [6, 6.07) is 13.7. The number of benzene rings is 2. The highest BCUT2D eigenvalue weighted by molar-refractivity contribution is 6.00. The highest BCUT2D eigenvalue weighted by Gasteiger charge is 2.34. The van der Waals surface area contributed by atoms with Crippen LogP contribution < -0.4 is 14.4 Å². The number of hydrogen-bond donors (Lipinski definition) is 1. The van der Waals surface area contributed by atoms with Gasteiger partial charge in [0.1, 0.15) is 11.5 Å². The smallest absolute Gasteiger partial charge is 0.303 e. The molecular formula is C32H42N2O6. The lowest BCUT2D eigenvalue weighted by Crippen LogP contribution is -2.48. The number of carbonyl (C=O) groups excluding carboxylic acids is 1.